The first-order chi connectivity index (χ1) is 7.09. The summed E-state index contributed by atoms with van der Waals surface area (Å²) < 4.78 is 0. The molecule has 0 radical (unpaired) electrons. The molecule has 0 fully saturated rings. The first-order valence-corrected chi connectivity index (χ1v) is 6.07. The van der Waals surface area contributed by atoms with Gasteiger partial charge in [0.1, 0.15) is 0 Å². The Morgan fingerprint density at radius 2 is 2.20 bits per heavy atom. The monoisotopic (exact) mass is 225 g/mol. The van der Waals surface area contributed by atoms with Crippen molar-refractivity contribution < 1.29 is 5.11 Å². The second-order valence-corrected chi connectivity index (χ2v) is 5.12. The highest BCUT2D eigenvalue weighted by Crippen LogP contribution is 2.22. The fourth-order valence-electron chi connectivity index (χ4n) is 1.14. The Balaban J connectivity index is 2.56. The largest absolute Gasteiger partial charge is 0.394 e. The number of nitrogens with one attached hydrogen (secondary N) is 1. The van der Waals surface area contributed by atoms with Gasteiger partial charge < -0.3 is 10.4 Å². The molecule has 0 saturated heterocycles. The molecule has 15 heavy (non-hydrogen) atoms. The molecular formula is C12H19NOS. The van der Waals surface area contributed by atoms with Gasteiger partial charge in [0.2, 0.25) is 0 Å². The lowest BCUT2D eigenvalue weighted by atomic mass is 10.1. The van der Waals surface area contributed by atoms with Crippen molar-refractivity contribution >= 4 is 11.8 Å². The van der Waals surface area contributed by atoms with Crippen molar-refractivity contribution in [2.24, 2.45) is 0 Å². The molecule has 0 aliphatic carbocycles. The zero-order valence-electron chi connectivity index (χ0n) is 9.58. The van der Waals surface area contributed by atoms with E-state index < -0.39 is 0 Å². The summed E-state index contributed by atoms with van der Waals surface area (Å²) in [6, 6.07) is 8.42. The van der Waals surface area contributed by atoms with Gasteiger partial charge in [0.05, 0.1) is 6.61 Å². The molecule has 1 aromatic carbocycles. The molecule has 0 aliphatic rings. The van der Waals surface area contributed by atoms with Crippen LogP contribution in [0.1, 0.15) is 12.5 Å². The summed E-state index contributed by atoms with van der Waals surface area (Å²) in [6.07, 6.45) is 0. The van der Waals surface area contributed by atoms with Gasteiger partial charge in [0.15, 0.2) is 0 Å². The van der Waals surface area contributed by atoms with Gasteiger partial charge in [-0.05, 0) is 33.0 Å². The average molecular weight is 225 g/mol. The summed E-state index contributed by atoms with van der Waals surface area (Å²) >= 11 is 1.77. The van der Waals surface area contributed by atoms with E-state index in [4.69, 9.17) is 0 Å². The van der Waals surface area contributed by atoms with Crippen molar-refractivity contribution in [3.63, 3.8) is 0 Å². The highest BCUT2D eigenvalue weighted by Gasteiger charge is 2.20. The van der Waals surface area contributed by atoms with Crippen LogP contribution in [-0.2, 0) is 0 Å². The van der Waals surface area contributed by atoms with Gasteiger partial charge in [0.25, 0.3) is 0 Å². The second kappa shape index (κ2) is 5.54. The van der Waals surface area contributed by atoms with Gasteiger partial charge in [-0.1, -0.05) is 17.7 Å². The van der Waals surface area contributed by atoms with E-state index in [0.717, 1.165) is 5.75 Å². The van der Waals surface area contributed by atoms with E-state index >= 15 is 0 Å². The Labute approximate surface area is 96.1 Å². The first-order valence-electron chi connectivity index (χ1n) is 5.09. The van der Waals surface area contributed by atoms with Crippen molar-refractivity contribution in [1.82, 2.24) is 5.32 Å². The van der Waals surface area contributed by atoms with Gasteiger partial charge in [-0.2, -0.15) is 0 Å². The van der Waals surface area contributed by atoms with Gasteiger partial charge in [-0.3, -0.25) is 0 Å². The van der Waals surface area contributed by atoms with Crippen LogP contribution in [0.15, 0.2) is 29.2 Å². The minimum Gasteiger partial charge on any atom is -0.394 e. The third-order valence-corrected chi connectivity index (χ3v) is 3.87. The topological polar surface area (TPSA) is 32.3 Å². The second-order valence-electron chi connectivity index (χ2n) is 4.07. The van der Waals surface area contributed by atoms with Crippen molar-refractivity contribution in [2.45, 2.75) is 24.3 Å². The molecule has 1 atom stereocenters. The molecule has 3 heteroatoms. The van der Waals surface area contributed by atoms with Crippen molar-refractivity contribution in [3.8, 4) is 0 Å². The predicted molar refractivity (Wildman–Crippen MR) is 66.5 cm³/mol. The van der Waals surface area contributed by atoms with Crippen molar-refractivity contribution in [2.75, 3.05) is 19.4 Å². The van der Waals surface area contributed by atoms with Crippen LogP contribution in [0.3, 0.4) is 0 Å². The fraction of sp³-hybridized carbons (Fsp3) is 0.500. The zero-order chi connectivity index (χ0) is 11.3. The van der Waals surface area contributed by atoms with Gasteiger partial charge in [-0.15, -0.1) is 11.8 Å². The van der Waals surface area contributed by atoms with Crippen LogP contribution >= 0.6 is 11.8 Å². The summed E-state index contributed by atoms with van der Waals surface area (Å²) in [7, 11) is 1.88. The predicted octanol–water partition coefficient (Wildman–Crippen LogP) is 2.06. The number of aliphatic hydroxyl groups excluding tert-OH is 1. The summed E-state index contributed by atoms with van der Waals surface area (Å²) in [4.78, 5) is 1.25. The fourth-order valence-corrected chi connectivity index (χ4v) is 2.31. The summed E-state index contributed by atoms with van der Waals surface area (Å²) in [5, 5.41) is 12.4. The number of hydrogen-bond acceptors (Lipinski definition) is 3. The molecule has 1 rings (SSSR count). The van der Waals surface area contributed by atoms with Gasteiger partial charge in [0, 0.05) is 16.2 Å². The molecule has 0 bridgehead atoms. The molecule has 0 aromatic heterocycles. The SMILES string of the molecule is CNC(C)(CO)CSc1cccc(C)c1. The molecule has 84 valence electrons. The maximum atomic E-state index is 9.24. The molecule has 0 aliphatic heterocycles. The van der Waals surface area contributed by atoms with Crippen molar-refractivity contribution in [1.29, 1.82) is 0 Å². The normalized spacial score (nSPS) is 14.9. The van der Waals surface area contributed by atoms with Gasteiger partial charge >= 0.3 is 0 Å². The van der Waals surface area contributed by atoms with Crippen LogP contribution in [0.25, 0.3) is 0 Å². The molecule has 0 spiro atoms. The van der Waals surface area contributed by atoms with E-state index in [1.807, 2.05) is 14.0 Å². The summed E-state index contributed by atoms with van der Waals surface area (Å²) in [5.41, 5.74) is 1.07. The number of aryl methyl sites for hydroxylation is 1. The third kappa shape index (κ3) is 3.86. The Hall–Kier alpha value is -0.510. The highest BCUT2D eigenvalue weighted by molar-refractivity contribution is 7.99. The average Bonchev–Trinajstić information content (AvgIpc) is 2.26. The summed E-state index contributed by atoms with van der Waals surface area (Å²) in [6.45, 7) is 4.27. The number of thioether (sulfide) groups is 1. The van der Waals surface area contributed by atoms with E-state index in [0.29, 0.717) is 0 Å². The lowest BCUT2D eigenvalue weighted by Gasteiger charge is -2.26. The van der Waals surface area contributed by atoms with E-state index in [2.05, 4.69) is 36.5 Å². The molecule has 2 nitrogen and oxygen atoms in total. The minimum atomic E-state index is -0.200. The van der Waals surface area contributed by atoms with Crippen LogP contribution in [0.4, 0.5) is 0 Å². The lowest BCUT2D eigenvalue weighted by Crippen LogP contribution is -2.45. The standard InChI is InChI=1S/C12H19NOS/c1-10-5-4-6-11(7-10)15-9-12(2,8-14)13-3/h4-7,13-14H,8-9H2,1-3H3. The molecule has 1 unspecified atom stereocenters. The first kappa shape index (κ1) is 12.6. The van der Waals surface area contributed by atoms with Crippen LogP contribution in [0.5, 0.6) is 0 Å². The van der Waals surface area contributed by atoms with Crippen LogP contribution in [-0.4, -0.2) is 30.1 Å². The zero-order valence-corrected chi connectivity index (χ0v) is 10.4. The molecule has 2 N–H and O–H groups in total. The Kier molecular flexibility index (Phi) is 4.64. The van der Waals surface area contributed by atoms with Gasteiger partial charge in [-0.25, -0.2) is 0 Å². The maximum Gasteiger partial charge on any atom is 0.0618 e. The Morgan fingerprint density at radius 1 is 1.47 bits per heavy atom. The maximum absolute atomic E-state index is 9.24. The van der Waals surface area contributed by atoms with E-state index in [1.165, 1.54) is 10.5 Å². The Morgan fingerprint density at radius 3 is 2.73 bits per heavy atom. The molecular weight excluding hydrogens is 206 g/mol. The van der Waals surface area contributed by atoms with Crippen LogP contribution in [0, 0.1) is 6.92 Å². The highest BCUT2D eigenvalue weighted by atomic mass is 32.2. The van der Waals surface area contributed by atoms with Crippen LogP contribution in [0.2, 0.25) is 0 Å². The summed E-state index contributed by atoms with van der Waals surface area (Å²) in [5.74, 6) is 0.865. The van der Waals surface area contributed by atoms with E-state index in [-0.39, 0.29) is 12.1 Å². The third-order valence-electron chi connectivity index (χ3n) is 2.50. The smallest absolute Gasteiger partial charge is 0.0618 e. The minimum absolute atomic E-state index is 0.155. The molecule has 0 saturated carbocycles. The number of benzene rings is 1. The number of likely N-dealkylation sites (N-methyl/N-ethyl adjacent to an activating group) is 1. The van der Waals surface area contributed by atoms with Crippen LogP contribution < -0.4 is 5.32 Å². The molecule has 0 amide bonds. The quantitative estimate of drug-likeness (QED) is 0.752. The van der Waals surface area contributed by atoms with Crippen molar-refractivity contribution in [3.05, 3.63) is 29.8 Å². The Bertz CT molecular complexity index is 310. The molecule has 1 aromatic rings. The van der Waals surface area contributed by atoms with E-state index in [9.17, 15) is 5.11 Å². The number of hydrogen-bond donors (Lipinski definition) is 2. The van der Waals surface area contributed by atoms with E-state index in [1.54, 1.807) is 11.8 Å². The number of aliphatic hydroxyl groups is 1. The molecule has 0 heterocycles. The lowest BCUT2D eigenvalue weighted by molar-refractivity contribution is 0.200. The number of rotatable bonds is 5.